The van der Waals surface area contributed by atoms with Crippen molar-refractivity contribution >= 4 is 15.9 Å². The van der Waals surface area contributed by atoms with Crippen LogP contribution in [-0.4, -0.2) is 26.2 Å². The van der Waals surface area contributed by atoms with Crippen molar-refractivity contribution in [1.29, 1.82) is 0 Å². The highest BCUT2D eigenvalue weighted by atomic mass is 79.9. The number of halogens is 4. The van der Waals surface area contributed by atoms with E-state index in [1.54, 1.807) is 6.07 Å². The number of alkyl halides is 2. The van der Waals surface area contributed by atoms with Crippen molar-refractivity contribution in [2.75, 3.05) is 19.8 Å². The SMILES string of the molecule is Fc1ccc(Br)c(CNCCOCC(F)F)c1. The molecule has 0 bridgehead atoms. The number of hydrogen-bond donors (Lipinski definition) is 1. The monoisotopic (exact) mass is 311 g/mol. The van der Waals surface area contributed by atoms with E-state index in [-0.39, 0.29) is 12.4 Å². The summed E-state index contributed by atoms with van der Waals surface area (Å²) in [5, 5.41) is 2.98. The molecule has 0 fully saturated rings. The zero-order valence-electron chi connectivity index (χ0n) is 9.06. The van der Waals surface area contributed by atoms with Gasteiger partial charge in [-0.15, -0.1) is 0 Å². The van der Waals surface area contributed by atoms with Crippen molar-refractivity contribution < 1.29 is 17.9 Å². The predicted octanol–water partition coefficient (Wildman–Crippen LogP) is 2.96. The van der Waals surface area contributed by atoms with Gasteiger partial charge < -0.3 is 10.1 Å². The summed E-state index contributed by atoms with van der Waals surface area (Å²) in [5.41, 5.74) is 0.777. The van der Waals surface area contributed by atoms with E-state index in [1.165, 1.54) is 12.1 Å². The van der Waals surface area contributed by atoms with Crippen LogP contribution in [0.2, 0.25) is 0 Å². The highest BCUT2D eigenvalue weighted by Gasteiger charge is 2.02. The Morgan fingerprint density at radius 1 is 1.35 bits per heavy atom. The van der Waals surface area contributed by atoms with Crippen molar-refractivity contribution in [3.8, 4) is 0 Å². The Labute approximate surface area is 106 Å². The molecule has 0 spiro atoms. The first kappa shape index (κ1) is 14.5. The minimum Gasteiger partial charge on any atom is -0.374 e. The van der Waals surface area contributed by atoms with Gasteiger partial charge in [0.1, 0.15) is 12.4 Å². The Morgan fingerprint density at radius 2 is 2.12 bits per heavy atom. The lowest BCUT2D eigenvalue weighted by Gasteiger charge is -2.07. The molecule has 2 nitrogen and oxygen atoms in total. The maximum atomic E-state index is 12.9. The number of nitrogens with one attached hydrogen (secondary N) is 1. The standard InChI is InChI=1S/C11H13BrF3NO/c12-10-2-1-9(13)5-8(10)6-16-3-4-17-7-11(14)15/h1-2,5,11,16H,3-4,6-7H2. The third kappa shape index (κ3) is 6.05. The van der Waals surface area contributed by atoms with E-state index in [9.17, 15) is 13.2 Å². The molecule has 0 amide bonds. The van der Waals surface area contributed by atoms with E-state index >= 15 is 0 Å². The minimum absolute atomic E-state index is 0.206. The van der Waals surface area contributed by atoms with E-state index in [0.717, 1.165) is 10.0 Å². The Hall–Kier alpha value is -0.590. The molecule has 0 saturated heterocycles. The van der Waals surface area contributed by atoms with Gasteiger partial charge in [0, 0.05) is 17.6 Å². The van der Waals surface area contributed by atoms with Crippen molar-refractivity contribution in [2.45, 2.75) is 13.0 Å². The lowest BCUT2D eigenvalue weighted by Crippen LogP contribution is -2.20. The molecular formula is C11H13BrF3NO. The Balaban J connectivity index is 2.20. The maximum Gasteiger partial charge on any atom is 0.261 e. The van der Waals surface area contributed by atoms with Gasteiger partial charge >= 0.3 is 0 Å². The molecule has 0 aliphatic heterocycles. The van der Waals surface area contributed by atoms with Crippen molar-refractivity contribution in [3.05, 3.63) is 34.1 Å². The van der Waals surface area contributed by atoms with Gasteiger partial charge in [-0.1, -0.05) is 15.9 Å². The first-order valence-corrected chi connectivity index (χ1v) is 5.89. The lowest BCUT2D eigenvalue weighted by molar-refractivity contribution is 0.0187. The second-order valence-corrected chi connectivity index (χ2v) is 4.23. The maximum absolute atomic E-state index is 12.9. The van der Waals surface area contributed by atoms with Crippen LogP contribution in [0.5, 0.6) is 0 Å². The Kier molecular flexibility index (Phi) is 6.54. The topological polar surface area (TPSA) is 21.3 Å². The fourth-order valence-electron chi connectivity index (χ4n) is 1.22. The molecule has 0 aliphatic carbocycles. The van der Waals surface area contributed by atoms with Gasteiger partial charge in [-0.25, -0.2) is 13.2 Å². The molecule has 1 rings (SSSR count). The molecule has 0 saturated carbocycles. The highest BCUT2D eigenvalue weighted by Crippen LogP contribution is 2.17. The average Bonchev–Trinajstić information content (AvgIpc) is 2.27. The fourth-order valence-corrected chi connectivity index (χ4v) is 1.61. The van der Waals surface area contributed by atoms with Crippen molar-refractivity contribution in [2.24, 2.45) is 0 Å². The third-order valence-electron chi connectivity index (χ3n) is 1.99. The molecule has 0 radical (unpaired) electrons. The van der Waals surface area contributed by atoms with E-state index in [2.05, 4.69) is 26.0 Å². The zero-order valence-corrected chi connectivity index (χ0v) is 10.6. The summed E-state index contributed by atoms with van der Waals surface area (Å²) >= 11 is 3.30. The molecule has 0 unspecified atom stereocenters. The quantitative estimate of drug-likeness (QED) is 0.782. The number of benzene rings is 1. The largest absolute Gasteiger partial charge is 0.374 e. The minimum atomic E-state index is -2.44. The molecule has 0 atom stereocenters. The molecule has 96 valence electrons. The van der Waals surface area contributed by atoms with Crippen LogP contribution in [0.3, 0.4) is 0 Å². The smallest absolute Gasteiger partial charge is 0.261 e. The van der Waals surface area contributed by atoms with Crippen molar-refractivity contribution in [3.63, 3.8) is 0 Å². The first-order chi connectivity index (χ1) is 8.09. The van der Waals surface area contributed by atoms with Crippen molar-refractivity contribution in [1.82, 2.24) is 5.32 Å². The van der Waals surface area contributed by atoms with Crippen LogP contribution in [0.25, 0.3) is 0 Å². The van der Waals surface area contributed by atoms with E-state index < -0.39 is 13.0 Å². The number of hydrogen-bond acceptors (Lipinski definition) is 2. The summed E-state index contributed by atoms with van der Waals surface area (Å²) in [5.74, 6) is -0.307. The highest BCUT2D eigenvalue weighted by molar-refractivity contribution is 9.10. The summed E-state index contributed by atoms with van der Waals surface area (Å²) in [6, 6.07) is 4.40. The van der Waals surface area contributed by atoms with Gasteiger partial charge in [0.05, 0.1) is 6.61 Å². The van der Waals surface area contributed by atoms with Crippen LogP contribution in [-0.2, 0) is 11.3 Å². The summed E-state index contributed by atoms with van der Waals surface area (Å²) < 4.78 is 41.8. The summed E-state index contributed by atoms with van der Waals surface area (Å²) in [7, 11) is 0. The number of ether oxygens (including phenoxy) is 1. The Bertz CT molecular complexity index is 349. The second kappa shape index (κ2) is 7.68. The molecule has 0 aromatic heterocycles. The first-order valence-electron chi connectivity index (χ1n) is 5.10. The van der Waals surface area contributed by atoms with Gasteiger partial charge in [-0.05, 0) is 23.8 Å². The lowest BCUT2D eigenvalue weighted by atomic mass is 10.2. The molecule has 0 aliphatic rings. The van der Waals surface area contributed by atoms with E-state index in [0.29, 0.717) is 13.1 Å². The summed E-state index contributed by atoms with van der Waals surface area (Å²) in [4.78, 5) is 0. The van der Waals surface area contributed by atoms with Gasteiger partial charge in [0.25, 0.3) is 6.43 Å². The number of rotatable bonds is 7. The zero-order chi connectivity index (χ0) is 12.7. The van der Waals surface area contributed by atoms with Crippen LogP contribution >= 0.6 is 15.9 Å². The van der Waals surface area contributed by atoms with Gasteiger partial charge in [0.2, 0.25) is 0 Å². The van der Waals surface area contributed by atoms with Gasteiger partial charge in [0.15, 0.2) is 0 Å². The fraction of sp³-hybridized carbons (Fsp3) is 0.455. The second-order valence-electron chi connectivity index (χ2n) is 3.38. The Morgan fingerprint density at radius 3 is 2.82 bits per heavy atom. The third-order valence-corrected chi connectivity index (χ3v) is 2.76. The predicted molar refractivity (Wildman–Crippen MR) is 62.6 cm³/mol. The van der Waals surface area contributed by atoms with Crippen LogP contribution in [0.15, 0.2) is 22.7 Å². The van der Waals surface area contributed by atoms with Crippen LogP contribution in [0, 0.1) is 5.82 Å². The van der Waals surface area contributed by atoms with E-state index in [1.807, 2.05) is 0 Å². The molecule has 0 heterocycles. The molecule has 17 heavy (non-hydrogen) atoms. The van der Waals surface area contributed by atoms with Crippen LogP contribution in [0.1, 0.15) is 5.56 Å². The van der Waals surface area contributed by atoms with Crippen LogP contribution < -0.4 is 5.32 Å². The van der Waals surface area contributed by atoms with Gasteiger partial charge in [-0.2, -0.15) is 0 Å². The molecular weight excluding hydrogens is 299 g/mol. The average molecular weight is 312 g/mol. The summed E-state index contributed by atoms with van der Waals surface area (Å²) in [6.07, 6.45) is -2.44. The normalized spacial score (nSPS) is 11.1. The summed E-state index contributed by atoms with van der Waals surface area (Å²) in [6.45, 7) is 0.550. The van der Waals surface area contributed by atoms with Gasteiger partial charge in [-0.3, -0.25) is 0 Å². The molecule has 6 heteroatoms. The molecule has 1 aromatic carbocycles. The van der Waals surface area contributed by atoms with Crippen LogP contribution in [0.4, 0.5) is 13.2 Å². The van der Waals surface area contributed by atoms with E-state index in [4.69, 9.17) is 0 Å². The molecule has 1 N–H and O–H groups in total. The molecule has 1 aromatic rings.